The number of nitrogens with zero attached hydrogens (tertiary/aromatic N) is 3. The summed E-state index contributed by atoms with van der Waals surface area (Å²) in [5.41, 5.74) is 18.3. The molecule has 0 unspecified atom stereocenters. The minimum absolute atomic E-state index is 0.0667. The average Bonchev–Trinajstić information content (AvgIpc) is 3.29. The van der Waals surface area contributed by atoms with E-state index in [1.54, 1.807) is 76.2 Å². The number of hydroxylamine groups is 2. The van der Waals surface area contributed by atoms with Gasteiger partial charge in [-0.15, -0.1) is 5.06 Å². The van der Waals surface area contributed by atoms with Gasteiger partial charge in [0.2, 0.25) is 17.7 Å². The summed E-state index contributed by atoms with van der Waals surface area (Å²) in [5.74, 6) is -7.41. The number of unbranched alkanes of at least 4 members (excludes halogenated alkanes) is 4. The van der Waals surface area contributed by atoms with Gasteiger partial charge in [0.15, 0.2) is 0 Å². The van der Waals surface area contributed by atoms with E-state index in [2.05, 4.69) is 26.6 Å². The van der Waals surface area contributed by atoms with Gasteiger partial charge in [-0.1, -0.05) is 64.8 Å². The molecule has 3 aliphatic rings. The first-order valence-electron chi connectivity index (χ1n) is 29.8. The maximum Gasteiger partial charge on any atom is 0.333 e. The lowest BCUT2D eigenvalue weighted by atomic mass is 9.96. The molecule has 0 radical (unpaired) electrons. The number of primary amides is 2. The maximum absolute atomic E-state index is 15.5. The Kier molecular flexibility index (Phi) is 33.3. The number of nitrogens with two attached hydrogens (primary N) is 3. The van der Waals surface area contributed by atoms with Gasteiger partial charge < -0.3 is 58.8 Å². The predicted molar refractivity (Wildman–Crippen MR) is 326 cm³/mol. The molecule has 3 heterocycles. The molecule has 0 aliphatic carbocycles. The van der Waals surface area contributed by atoms with E-state index in [0.29, 0.717) is 86.3 Å². The Bertz CT molecular complexity index is 2880. The number of urea groups is 2. The molecule has 1 saturated heterocycles. The Morgan fingerprint density at radius 1 is 0.567 bits per heavy atom. The third-order valence-electron chi connectivity index (χ3n) is 14.0. The van der Waals surface area contributed by atoms with Crippen molar-refractivity contribution >= 4 is 82.6 Å². The van der Waals surface area contributed by atoms with E-state index in [1.807, 2.05) is 0 Å². The first-order valence-corrected chi connectivity index (χ1v) is 29.8. The van der Waals surface area contributed by atoms with Gasteiger partial charge >= 0.3 is 18.0 Å². The molecule has 0 spiro atoms. The molecular weight excluding hydrogens is 1180 g/mol. The molecule has 3 aliphatic heterocycles. The SMILES string of the molecule is CC(C)[C@H](N)/C(F)=C/[C@@H](CCCNC(N)=O)C(=O)Nc1ccc(CO)cc1.CC(C)[C@H](NC(=O)CCCCCN1C(=O)C=CC1=O)/C(F)=C/[C@@H](CCCNC(N)=O)C(=O)Nc1ccc(CO)cc1.O=C(CCCCCN1C(=O)C=CC1=O)ON1C(=O)CCC1=O. The zero-order chi connectivity index (χ0) is 66.9. The second-order valence-electron chi connectivity index (χ2n) is 21.9. The summed E-state index contributed by atoms with van der Waals surface area (Å²) in [4.78, 5) is 147. The van der Waals surface area contributed by atoms with Gasteiger partial charge in [-0.2, -0.15) is 0 Å². The molecule has 13 N–H and O–H groups in total. The average molecular weight is 1260 g/mol. The van der Waals surface area contributed by atoms with Crippen molar-refractivity contribution < 1.29 is 81.4 Å². The second-order valence-corrected chi connectivity index (χ2v) is 21.9. The largest absolute Gasteiger partial charge is 0.392 e. The highest BCUT2D eigenvalue weighted by Crippen LogP contribution is 2.23. The lowest BCUT2D eigenvalue weighted by molar-refractivity contribution is -0.197. The van der Waals surface area contributed by atoms with E-state index in [4.69, 9.17) is 27.1 Å². The molecule has 1 fully saturated rings. The third kappa shape index (κ3) is 27.6. The molecule has 492 valence electrons. The number of imide groups is 3. The van der Waals surface area contributed by atoms with E-state index in [1.165, 1.54) is 36.5 Å². The molecule has 26 nitrogen and oxygen atoms in total. The summed E-state index contributed by atoms with van der Waals surface area (Å²) in [7, 11) is 0. The van der Waals surface area contributed by atoms with Gasteiger partial charge in [0.05, 0.1) is 37.1 Å². The fourth-order valence-corrected chi connectivity index (χ4v) is 8.78. The molecule has 4 atom stereocenters. The maximum atomic E-state index is 15.5. The molecule has 5 rings (SSSR count). The van der Waals surface area contributed by atoms with E-state index >= 15 is 4.39 Å². The smallest absolute Gasteiger partial charge is 0.333 e. The van der Waals surface area contributed by atoms with Crippen molar-refractivity contribution in [3.05, 3.63) is 108 Å². The minimum atomic E-state index is -0.948. The van der Waals surface area contributed by atoms with Crippen LogP contribution in [0.25, 0.3) is 0 Å². The van der Waals surface area contributed by atoms with Crippen LogP contribution in [-0.2, 0) is 66.0 Å². The molecule has 0 aromatic heterocycles. The van der Waals surface area contributed by atoms with E-state index in [-0.39, 0.29) is 112 Å². The Morgan fingerprint density at radius 3 is 1.34 bits per heavy atom. The number of aliphatic hydroxyl groups excluding tert-OH is 2. The Balaban J connectivity index is 0.000000374. The van der Waals surface area contributed by atoms with Gasteiger partial charge in [-0.25, -0.2) is 23.2 Å². The summed E-state index contributed by atoms with van der Waals surface area (Å²) in [6, 6.07) is 10.2. The predicted octanol–water partition coefficient (Wildman–Crippen LogP) is 4.76. The van der Waals surface area contributed by atoms with Crippen LogP contribution in [0.1, 0.15) is 129 Å². The molecule has 2 aromatic carbocycles. The van der Waals surface area contributed by atoms with Crippen LogP contribution in [0, 0.1) is 23.7 Å². The van der Waals surface area contributed by atoms with Crippen LogP contribution < -0.4 is 43.8 Å². The Hall–Kier alpha value is -9.02. The van der Waals surface area contributed by atoms with Crippen LogP contribution >= 0.6 is 0 Å². The van der Waals surface area contributed by atoms with Crippen LogP contribution in [0.3, 0.4) is 0 Å². The van der Waals surface area contributed by atoms with Gasteiger partial charge in [-0.05, 0) is 111 Å². The van der Waals surface area contributed by atoms with Crippen LogP contribution in [0.15, 0.2) is 96.6 Å². The second kappa shape index (κ2) is 39.8. The zero-order valence-corrected chi connectivity index (χ0v) is 51.2. The summed E-state index contributed by atoms with van der Waals surface area (Å²) in [5, 5.41) is 31.9. The van der Waals surface area contributed by atoms with Crippen molar-refractivity contribution in [3.8, 4) is 0 Å². The Labute approximate surface area is 521 Å². The van der Waals surface area contributed by atoms with Crippen molar-refractivity contribution in [2.45, 2.75) is 143 Å². The number of hydrogen-bond donors (Lipinski definition) is 10. The number of carbonyl (C=O) groups is 12. The molecule has 0 bridgehead atoms. The zero-order valence-electron chi connectivity index (χ0n) is 51.2. The number of anilines is 2. The highest BCUT2D eigenvalue weighted by Gasteiger charge is 2.33. The molecule has 13 amide bonds. The van der Waals surface area contributed by atoms with Crippen LogP contribution in [0.5, 0.6) is 0 Å². The lowest BCUT2D eigenvalue weighted by Gasteiger charge is -2.22. The first-order chi connectivity index (χ1) is 42.7. The fourth-order valence-electron chi connectivity index (χ4n) is 8.78. The minimum Gasteiger partial charge on any atom is -0.392 e. The number of carbonyl (C=O) groups excluding carboxylic acids is 12. The molecule has 28 heteroatoms. The monoisotopic (exact) mass is 1260 g/mol. The van der Waals surface area contributed by atoms with Gasteiger partial charge in [0, 0.05) is 87.5 Å². The summed E-state index contributed by atoms with van der Waals surface area (Å²) in [6.07, 6.45) is 12.4. The third-order valence-corrected chi connectivity index (χ3v) is 14.0. The number of aliphatic hydroxyl groups is 2. The van der Waals surface area contributed by atoms with Crippen molar-refractivity contribution in [2.75, 3.05) is 36.8 Å². The normalized spacial score (nSPS) is 15.3. The summed E-state index contributed by atoms with van der Waals surface area (Å²) >= 11 is 0. The summed E-state index contributed by atoms with van der Waals surface area (Å²) < 4.78 is 29.9. The van der Waals surface area contributed by atoms with Crippen molar-refractivity contribution in [1.29, 1.82) is 0 Å². The Morgan fingerprint density at radius 2 is 0.967 bits per heavy atom. The van der Waals surface area contributed by atoms with E-state index in [0.717, 1.165) is 15.4 Å². The number of benzene rings is 2. The topological polar surface area (TPSA) is 402 Å². The highest BCUT2D eigenvalue weighted by atomic mass is 19.1. The lowest BCUT2D eigenvalue weighted by Crippen LogP contribution is -2.39. The molecular formula is C62H85F2N11O15. The fraction of sp³-hybridized carbons (Fsp3) is 0.484. The number of rotatable bonds is 34. The van der Waals surface area contributed by atoms with Gasteiger partial charge in [-0.3, -0.25) is 53.0 Å². The van der Waals surface area contributed by atoms with Crippen molar-refractivity contribution in [2.24, 2.45) is 40.9 Å². The van der Waals surface area contributed by atoms with Gasteiger partial charge in [0.1, 0.15) is 11.7 Å². The van der Waals surface area contributed by atoms with Crippen LogP contribution in [-0.4, -0.2) is 135 Å². The number of hydrogen-bond acceptors (Lipinski definition) is 16. The first kappa shape index (κ1) is 75.2. The standard InChI is InChI=1S/C29H40FN5O6.C19H29FN4O3.C14H16N2O6/c1-19(2)27(34-24(37)8-4-3-5-16-35-25(38)13-14-26(35)39)23(30)17-21(7-6-15-32-29(31)41)28(40)33-22-11-9-20(18-36)10-12-22;1-12(2)17(21)16(20)10-14(4-3-9-23-19(22)27)18(26)24-15-7-5-13(11-25)6-8-15;17-10-5-6-11(18)15(10)9-3-1-2-4-14(21)22-16-12(19)7-8-13(16)20/h9-14,17,19,21,27,36H,3-8,15-16,18H2,1-2H3,(H,33,40)(H,34,37)(H3,31,32,41);5-8,10,12,14,17,25H,3-4,9,11,21H2,1-2H3,(H,24,26)(H3,22,23,27);5-6H,1-4,7-9H2/b23-17-;16-10-;/t21-,27+;14-,17+;/m11./s1. The molecule has 0 saturated carbocycles. The summed E-state index contributed by atoms with van der Waals surface area (Å²) in [6.45, 7) is 7.96. The van der Waals surface area contributed by atoms with Gasteiger partial charge in [0.25, 0.3) is 35.4 Å². The van der Waals surface area contributed by atoms with E-state index in [9.17, 15) is 67.0 Å². The molecule has 90 heavy (non-hydrogen) atoms. The number of halogens is 2. The highest BCUT2D eigenvalue weighted by molar-refractivity contribution is 6.13. The van der Waals surface area contributed by atoms with E-state index < -0.39 is 71.3 Å². The molecule has 2 aromatic rings. The number of amides is 13. The van der Waals surface area contributed by atoms with Crippen molar-refractivity contribution in [3.63, 3.8) is 0 Å². The number of nitrogens with one attached hydrogen (secondary N) is 5. The van der Waals surface area contributed by atoms with Crippen LogP contribution in [0.2, 0.25) is 0 Å². The quantitative estimate of drug-likeness (QED) is 0.0333. The van der Waals surface area contributed by atoms with Crippen molar-refractivity contribution in [1.82, 2.24) is 30.8 Å². The van der Waals surface area contributed by atoms with Crippen LogP contribution in [0.4, 0.5) is 29.7 Å².